The van der Waals surface area contributed by atoms with E-state index in [4.69, 9.17) is 16.6 Å². The molecule has 5 nitrogen and oxygen atoms in total. The van der Waals surface area contributed by atoms with Crippen molar-refractivity contribution >= 4 is 41.5 Å². The third-order valence-corrected chi connectivity index (χ3v) is 4.90. The lowest BCUT2D eigenvalue weighted by atomic mass is 10.1. The Kier molecular flexibility index (Phi) is 10.2. The molecule has 0 amide bonds. The maximum atomic E-state index is 5.95. The average Bonchev–Trinajstić information content (AvgIpc) is 3.12. The van der Waals surface area contributed by atoms with E-state index in [1.807, 2.05) is 31.5 Å². The van der Waals surface area contributed by atoms with Crippen LogP contribution in [0.5, 0.6) is 0 Å². The van der Waals surface area contributed by atoms with Crippen molar-refractivity contribution in [2.75, 3.05) is 13.1 Å². The number of aryl methyl sites for hydroxylation is 1. The number of nitrogens with one attached hydrogen (secondary N) is 2. The molecule has 7 heteroatoms. The molecule has 0 fully saturated rings. The first-order valence-corrected chi connectivity index (χ1v) is 10.3. The Morgan fingerprint density at radius 1 is 1.07 bits per heavy atom. The molecular weight excluding hydrogens is 509 g/mol. The highest BCUT2D eigenvalue weighted by Crippen LogP contribution is 2.11. The van der Waals surface area contributed by atoms with Crippen molar-refractivity contribution < 1.29 is 0 Å². The van der Waals surface area contributed by atoms with Crippen molar-refractivity contribution in [2.45, 2.75) is 33.4 Å². The molecule has 0 saturated heterocycles. The van der Waals surface area contributed by atoms with Gasteiger partial charge in [-0.1, -0.05) is 48.0 Å². The van der Waals surface area contributed by atoms with Crippen LogP contribution < -0.4 is 10.6 Å². The average molecular weight is 538 g/mol. The quantitative estimate of drug-likeness (QED) is 0.246. The van der Waals surface area contributed by atoms with Crippen LogP contribution in [-0.4, -0.2) is 28.6 Å². The second-order valence-corrected chi connectivity index (χ2v) is 7.36. The Balaban J connectivity index is 0.00000320. The fourth-order valence-electron chi connectivity index (χ4n) is 3.08. The second-order valence-electron chi connectivity index (χ2n) is 6.92. The fraction of sp³-hybridized carbons (Fsp3) is 0.304. The molecule has 3 aromatic rings. The van der Waals surface area contributed by atoms with Crippen LogP contribution in [0.3, 0.4) is 0 Å². The van der Waals surface area contributed by atoms with Gasteiger partial charge in [0, 0.05) is 37.1 Å². The second kappa shape index (κ2) is 12.6. The molecule has 0 saturated carbocycles. The minimum Gasteiger partial charge on any atom is -0.357 e. The topological polar surface area (TPSA) is 54.2 Å². The van der Waals surface area contributed by atoms with Gasteiger partial charge in [-0.05, 0) is 49.1 Å². The van der Waals surface area contributed by atoms with Gasteiger partial charge in [-0.15, -0.1) is 24.0 Å². The normalized spacial score (nSPS) is 11.1. The van der Waals surface area contributed by atoms with Crippen LogP contribution in [0.4, 0.5) is 0 Å². The molecule has 0 atom stereocenters. The molecule has 1 aromatic heterocycles. The van der Waals surface area contributed by atoms with Crippen molar-refractivity contribution in [1.29, 1.82) is 0 Å². The summed E-state index contributed by atoms with van der Waals surface area (Å²) in [6.45, 7) is 7.19. The van der Waals surface area contributed by atoms with Crippen molar-refractivity contribution in [1.82, 2.24) is 20.2 Å². The molecule has 0 aliphatic rings. The van der Waals surface area contributed by atoms with Crippen LogP contribution in [0, 0.1) is 6.92 Å². The SMILES string of the molecule is CCNC(=NCc1cccc(Cn2ccnc2C)c1)NCCc1ccc(Cl)cc1.I. The van der Waals surface area contributed by atoms with Crippen LogP contribution in [0.25, 0.3) is 0 Å². The monoisotopic (exact) mass is 537 g/mol. The molecule has 160 valence electrons. The number of imidazole rings is 1. The zero-order chi connectivity index (χ0) is 20.5. The zero-order valence-electron chi connectivity index (χ0n) is 17.4. The molecular formula is C23H29ClIN5. The van der Waals surface area contributed by atoms with Crippen LogP contribution in [0.2, 0.25) is 5.02 Å². The molecule has 0 aliphatic heterocycles. The minimum absolute atomic E-state index is 0. The summed E-state index contributed by atoms with van der Waals surface area (Å²) in [4.78, 5) is 9.03. The highest BCUT2D eigenvalue weighted by atomic mass is 127. The van der Waals surface area contributed by atoms with Crippen molar-refractivity contribution in [2.24, 2.45) is 4.99 Å². The van der Waals surface area contributed by atoms with Gasteiger partial charge in [0.2, 0.25) is 0 Å². The van der Waals surface area contributed by atoms with E-state index in [1.165, 1.54) is 16.7 Å². The maximum absolute atomic E-state index is 5.95. The lowest BCUT2D eigenvalue weighted by molar-refractivity contribution is 0.760. The number of rotatable bonds is 8. The summed E-state index contributed by atoms with van der Waals surface area (Å²) in [5.74, 6) is 1.85. The lowest BCUT2D eigenvalue weighted by Crippen LogP contribution is -2.38. The first-order chi connectivity index (χ1) is 14.1. The number of guanidine groups is 1. The van der Waals surface area contributed by atoms with E-state index in [0.29, 0.717) is 6.54 Å². The van der Waals surface area contributed by atoms with Gasteiger partial charge in [0.05, 0.1) is 6.54 Å². The van der Waals surface area contributed by atoms with Gasteiger partial charge in [0.15, 0.2) is 5.96 Å². The lowest BCUT2D eigenvalue weighted by Gasteiger charge is -2.12. The van der Waals surface area contributed by atoms with Crippen LogP contribution in [-0.2, 0) is 19.5 Å². The third kappa shape index (κ3) is 7.65. The van der Waals surface area contributed by atoms with E-state index in [9.17, 15) is 0 Å². The Hall–Kier alpha value is -2.06. The number of aromatic nitrogens is 2. The first kappa shape index (κ1) is 24.2. The van der Waals surface area contributed by atoms with E-state index in [0.717, 1.165) is 42.9 Å². The number of hydrogen-bond acceptors (Lipinski definition) is 2. The van der Waals surface area contributed by atoms with Crippen LogP contribution >= 0.6 is 35.6 Å². The van der Waals surface area contributed by atoms with Crippen LogP contribution in [0.15, 0.2) is 65.9 Å². The van der Waals surface area contributed by atoms with E-state index < -0.39 is 0 Å². The van der Waals surface area contributed by atoms with E-state index in [1.54, 1.807) is 0 Å². The summed E-state index contributed by atoms with van der Waals surface area (Å²) in [6.07, 6.45) is 4.76. The fourth-order valence-corrected chi connectivity index (χ4v) is 3.21. The number of nitrogens with zero attached hydrogens (tertiary/aromatic N) is 3. The van der Waals surface area contributed by atoms with Gasteiger partial charge in [-0.3, -0.25) is 0 Å². The Bertz CT molecular complexity index is 937. The molecule has 0 bridgehead atoms. The molecule has 0 aliphatic carbocycles. The highest BCUT2D eigenvalue weighted by molar-refractivity contribution is 14.0. The molecule has 0 radical (unpaired) electrons. The standard InChI is InChI=1S/C23H28ClN5.HI/c1-3-25-23(27-12-11-19-7-9-22(24)10-8-19)28-16-20-5-4-6-21(15-20)17-29-14-13-26-18(29)2;/h4-10,13-15H,3,11-12,16-17H2,1-2H3,(H2,25,27,28);1H. The summed E-state index contributed by atoms with van der Waals surface area (Å²) >= 11 is 5.95. The largest absolute Gasteiger partial charge is 0.357 e. The summed E-state index contributed by atoms with van der Waals surface area (Å²) in [5, 5.41) is 7.48. The van der Waals surface area contributed by atoms with Gasteiger partial charge < -0.3 is 15.2 Å². The molecule has 0 spiro atoms. The number of aliphatic imine (C=N–C) groups is 1. The zero-order valence-corrected chi connectivity index (χ0v) is 20.5. The van der Waals surface area contributed by atoms with Crippen molar-refractivity contribution in [3.63, 3.8) is 0 Å². The maximum Gasteiger partial charge on any atom is 0.191 e. The van der Waals surface area contributed by atoms with Crippen LogP contribution in [0.1, 0.15) is 29.4 Å². The molecule has 1 heterocycles. The smallest absolute Gasteiger partial charge is 0.191 e. The molecule has 2 N–H and O–H groups in total. The third-order valence-electron chi connectivity index (χ3n) is 4.65. The van der Waals surface area contributed by atoms with Gasteiger partial charge in [-0.2, -0.15) is 0 Å². The molecule has 2 aromatic carbocycles. The van der Waals surface area contributed by atoms with Crippen molar-refractivity contribution in [3.05, 3.63) is 88.5 Å². The summed E-state index contributed by atoms with van der Waals surface area (Å²) in [7, 11) is 0. The van der Waals surface area contributed by atoms with Gasteiger partial charge in [0.25, 0.3) is 0 Å². The minimum atomic E-state index is 0. The number of benzene rings is 2. The summed E-state index contributed by atoms with van der Waals surface area (Å²) in [6, 6.07) is 16.5. The van der Waals surface area contributed by atoms with Gasteiger partial charge in [-0.25, -0.2) is 9.98 Å². The Morgan fingerprint density at radius 2 is 1.83 bits per heavy atom. The van der Waals surface area contributed by atoms with E-state index in [-0.39, 0.29) is 24.0 Å². The van der Waals surface area contributed by atoms with E-state index >= 15 is 0 Å². The molecule has 0 unspecified atom stereocenters. The predicted octanol–water partition coefficient (Wildman–Crippen LogP) is 4.81. The Morgan fingerprint density at radius 3 is 2.53 bits per heavy atom. The highest BCUT2D eigenvalue weighted by Gasteiger charge is 2.02. The van der Waals surface area contributed by atoms with Gasteiger partial charge in [0.1, 0.15) is 5.82 Å². The molecule has 3 rings (SSSR count). The number of hydrogen-bond donors (Lipinski definition) is 2. The molecule has 30 heavy (non-hydrogen) atoms. The van der Waals surface area contributed by atoms with Gasteiger partial charge >= 0.3 is 0 Å². The first-order valence-electron chi connectivity index (χ1n) is 9.96. The number of halogens is 2. The van der Waals surface area contributed by atoms with E-state index in [2.05, 4.69) is 63.5 Å². The summed E-state index contributed by atoms with van der Waals surface area (Å²) in [5.41, 5.74) is 3.69. The Labute approximate surface area is 201 Å². The van der Waals surface area contributed by atoms with Crippen molar-refractivity contribution in [3.8, 4) is 0 Å². The summed E-state index contributed by atoms with van der Waals surface area (Å²) < 4.78 is 2.14. The predicted molar refractivity (Wildman–Crippen MR) is 136 cm³/mol.